The molecule has 2 rings (SSSR count). The van der Waals surface area contributed by atoms with Gasteiger partial charge in [-0.15, -0.1) is 0 Å². The first kappa shape index (κ1) is 14.5. The van der Waals surface area contributed by atoms with E-state index in [-0.39, 0.29) is 6.54 Å². The third-order valence-electron chi connectivity index (χ3n) is 3.41. The highest BCUT2D eigenvalue weighted by molar-refractivity contribution is 5.75. The predicted molar refractivity (Wildman–Crippen MR) is 71.8 cm³/mol. The topological polar surface area (TPSA) is 93.6 Å². The Hall–Kier alpha value is -1.89. The monoisotopic (exact) mass is 281 g/mol. The molecule has 0 radical (unpaired) electrons. The van der Waals surface area contributed by atoms with E-state index in [1.54, 1.807) is 12.3 Å². The predicted octanol–water partition coefficient (Wildman–Crippen LogP) is 1.17. The average Bonchev–Trinajstić information content (AvgIpc) is 2.47. The Morgan fingerprint density at radius 3 is 2.95 bits per heavy atom. The second kappa shape index (κ2) is 6.51. The van der Waals surface area contributed by atoms with Crippen molar-refractivity contribution in [3.05, 3.63) is 12.3 Å². The lowest BCUT2D eigenvalue weighted by Gasteiger charge is -2.33. The Morgan fingerprint density at radius 1 is 1.55 bits per heavy atom. The van der Waals surface area contributed by atoms with Crippen molar-refractivity contribution in [1.82, 2.24) is 9.97 Å². The van der Waals surface area contributed by atoms with Gasteiger partial charge in [0.15, 0.2) is 0 Å². The summed E-state index contributed by atoms with van der Waals surface area (Å²) in [5, 5.41) is 12.4. The molecule has 110 valence electrons. The number of carboxylic acid groups (broad SMARTS) is 1. The van der Waals surface area contributed by atoms with Crippen LogP contribution in [0, 0.1) is 5.41 Å². The van der Waals surface area contributed by atoms with Crippen LogP contribution >= 0.6 is 0 Å². The van der Waals surface area contributed by atoms with E-state index >= 15 is 0 Å². The second-order valence-electron chi connectivity index (χ2n) is 4.70. The largest absolute Gasteiger partial charge is 0.481 e. The maximum absolute atomic E-state index is 11.5. The van der Waals surface area contributed by atoms with Gasteiger partial charge in [-0.2, -0.15) is 4.98 Å². The molecule has 0 spiro atoms. The second-order valence-corrected chi connectivity index (χ2v) is 4.70. The number of aliphatic carboxylic acids is 1. The number of hydrogen-bond donors (Lipinski definition) is 2. The zero-order chi connectivity index (χ0) is 14.4. The molecule has 2 heterocycles. The van der Waals surface area contributed by atoms with Crippen molar-refractivity contribution < 1.29 is 19.4 Å². The van der Waals surface area contributed by atoms with Crippen LogP contribution in [0.1, 0.15) is 19.8 Å². The third kappa shape index (κ3) is 3.36. The van der Waals surface area contributed by atoms with Gasteiger partial charge < -0.3 is 19.9 Å². The van der Waals surface area contributed by atoms with Crippen molar-refractivity contribution in [1.29, 1.82) is 0 Å². The first-order chi connectivity index (χ1) is 9.66. The lowest BCUT2D eigenvalue weighted by Crippen LogP contribution is -2.42. The van der Waals surface area contributed by atoms with Gasteiger partial charge in [0.1, 0.15) is 0 Å². The summed E-state index contributed by atoms with van der Waals surface area (Å²) in [5.41, 5.74) is -0.816. The van der Waals surface area contributed by atoms with Gasteiger partial charge >= 0.3 is 5.97 Å². The number of rotatable bonds is 6. The minimum Gasteiger partial charge on any atom is -0.481 e. The molecule has 0 aliphatic carbocycles. The SMILES string of the molecule is CCOc1ccnc(NCC2(C(=O)O)CCOCC2)n1. The van der Waals surface area contributed by atoms with Crippen LogP contribution in [0.2, 0.25) is 0 Å². The van der Waals surface area contributed by atoms with E-state index < -0.39 is 11.4 Å². The van der Waals surface area contributed by atoms with Crippen LogP contribution in [0.4, 0.5) is 5.95 Å². The Balaban J connectivity index is 2.02. The van der Waals surface area contributed by atoms with Gasteiger partial charge in [-0.1, -0.05) is 0 Å². The average molecular weight is 281 g/mol. The maximum Gasteiger partial charge on any atom is 0.311 e. The Morgan fingerprint density at radius 2 is 2.30 bits per heavy atom. The minimum atomic E-state index is -0.816. The molecule has 20 heavy (non-hydrogen) atoms. The molecule has 1 aromatic rings. The van der Waals surface area contributed by atoms with Gasteiger partial charge in [-0.3, -0.25) is 4.79 Å². The van der Waals surface area contributed by atoms with E-state index in [1.807, 2.05) is 6.92 Å². The van der Waals surface area contributed by atoms with Gasteiger partial charge in [-0.05, 0) is 19.8 Å². The molecule has 7 heteroatoms. The number of aromatic nitrogens is 2. The van der Waals surface area contributed by atoms with E-state index in [0.717, 1.165) is 0 Å². The van der Waals surface area contributed by atoms with Crippen LogP contribution in [0.15, 0.2) is 12.3 Å². The highest BCUT2D eigenvalue weighted by Crippen LogP contribution is 2.31. The number of nitrogens with one attached hydrogen (secondary N) is 1. The molecule has 1 aliphatic rings. The number of nitrogens with zero attached hydrogens (tertiary/aromatic N) is 2. The van der Waals surface area contributed by atoms with Crippen LogP contribution in [-0.4, -0.2) is 47.4 Å². The molecular weight excluding hydrogens is 262 g/mol. The summed E-state index contributed by atoms with van der Waals surface area (Å²) in [7, 11) is 0. The summed E-state index contributed by atoms with van der Waals surface area (Å²) in [6.07, 6.45) is 2.55. The lowest BCUT2D eigenvalue weighted by molar-refractivity contribution is -0.153. The molecule has 0 atom stereocenters. The van der Waals surface area contributed by atoms with E-state index in [9.17, 15) is 9.90 Å². The Bertz CT molecular complexity index is 461. The highest BCUT2D eigenvalue weighted by atomic mass is 16.5. The van der Waals surface area contributed by atoms with Gasteiger partial charge in [-0.25, -0.2) is 4.98 Å². The third-order valence-corrected chi connectivity index (χ3v) is 3.41. The van der Waals surface area contributed by atoms with Crippen LogP contribution in [-0.2, 0) is 9.53 Å². The molecule has 7 nitrogen and oxygen atoms in total. The number of carbonyl (C=O) groups is 1. The molecule has 0 amide bonds. The summed E-state index contributed by atoms with van der Waals surface area (Å²) in [5.74, 6) is 0.0404. The van der Waals surface area contributed by atoms with E-state index in [0.29, 0.717) is 44.5 Å². The first-order valence-electron chi connectivity index (χ1n) is 6.67. The molecule has 0 bridgehead atoms. The summed E-state index contributed by atoms with van der Waals surface area (Å²) in [4.78, 5) is 19.7. The molecule has 0 saturated carbocycles. The minimum absolute atomic E-state index is 0.279. The summed E-state index contributed by atoms with van der Waals surface area (Å²) < 4.78 is 10.5. The Kier molecular flexibility index (Phi) is 4.73. The first-order valence-corrected chi connectivity index (χ1v) is 6.67. The van der Waals surface area contributed by atoms with Gasteiger partial charge in [0.2, 0.25) is 11.8 Å². The maximum atomic E-state index is 11.5. The van der Waals surface area contributed by atoms with Crippen molar-refractivity contribution in [3.63, 3.8) is 0 Å². The van der Waals surface area contributed by atoms with E-state index in [2.05, 4.69) is 15.3 Å². The lowest BCUT2D eigenvalue weighted by atomic mass is 9.80. The summed E-state index contributed by atoms with van der Waals surface area (Å²) >= 11 is 0. The summed E-state index contributed by atoms with van der Waals surface area (Å²) in [6.45, 7) is 3.60. The fourth-order valence-corrected chi connectivity index (χ4v) is 2.13. The zero-order valence-electron chi connectivity index (χ0n) is 11.5. The van der Waals surface area contributed by atoms with Crippen LogP contribution in [0.3, 0.4) is 0 Å². The van der Waals surface area contributed by atoms with Crippen LogP contribution < -0.4 is 10.1 Å². The van der Waals surface area contributed by atoms with Crippen molar-refractivity contribution >= 4 is 11.9 Å². The van der Waals surface area contributed by atoms with E-state index in [4.69, 9.17) is 9.47 Å². The molecule has 1 saturated heterocycles. The number of carboxylic acids is 1. The molecule has 1 fully saturated rings. The fourth-order valence-electron chi connectivity index (χ4n) is 2.13. The molecule has 0 unspecified atom stereocenters. The van der Waals surface area contributed by atoms with Gasteiger partial charge in [0, 0.05) is 32.0 Å². The van der Waals surface area contributed by atoms with Crippen molar-refractivity contribution in [2.45, 2.75) is 19.8 Å². The number of hydrogen-bond acceptors (Lipinski definition) is 6. The van der Waals surface area contributed by atoms with Crippen LogP contribution in [0.25, 0.3) is 0 Å². The van der Waals surface area contributed by atoms with Gasteiger partial charge in [0.25, 0.3) is 0 Å². The quantitative estimate of drug-likeness (QED) is 0.808. The fraction of sp³-hybridized carbons (Fsp3) is 0.615. The molecule has 0 aromatic carbocycles. The smallest absolute Gasteiger partial charge is 0.311 e. The standard InChI is InChI=1S/C13H19N3O4/c1-2-20-10-3-6-14-12(16-10)15-9-13(11(17)18)4-7-19-8-5-13/h3,6H,2,4-5,7-9H2,1H3,(H,17,18)(H,14,15,16). The molecular formula is C13H19N3O4. The summed E-state index contributed by atoms with van der Waals surface area (Å²) in [6, 6.07) is 1.66. The van der Waals surface area contributed by atoms with Gasteiger partial charge in [0.05, 0.1) is 12.0 Å². The van der Waals surface area contributed by atoms with Crippen molar-refractivity contribution in [3.8, 4) is 5.88 Å². The normalized spacial score (nSPS) is 17.4. The van der Waals surface area contributed by atoms with E-state index in [1.165, 1.54) is 0 Å². The molecule has 2 N–H and O–H groups in total. The zero-order valence-corrected chi connectivity index (χ0v) is 11.5. The van der Waals surface area contributed by atoms with Crippen molar-refractivity contribution in [2.24, 2.45) is 5.41 Å². The van der Waals surface area contributed by atoms with Crippen LogP contribution in [0.5, 0.6) is 5.88 Å². The molecule has 1 aromatic heterocycles. The Labute approximate surface area is 117 Å². The molecule has 1 aliphatic heterocycles. The number of anilines is 1. The highest BCUT2D eigenvalue weighted by Gasteiger charge is 2.40. The number of ether oxygens (including phenoxy) is 2. The van der Waals surface area contributed by atoms with Crippen molar-refractivity contribution in [2.75, 3.05) is 31.7 Å².